The molecule has 4 rings (SSSR count). The van der Waals surface area contributed by atoms with Crippen LogP contribution in [0, 0.1) is 10.1 Å². The molecule has 3 heterocycles. The van der Waals surface area contributed by atoms with Crippen LogP contribution < -0.4 is 11.5 Å². The summed E-state index contributed by atoms with van der Waals surface area (Å²) in [5.74, 6) is -3.96. The van der Waals surface area contributed by atoms with E-state index in [2.05, 4.69) is 10.3 Å². The molecule has 3 atom stereocenters. The highest BCUT2D eigenvalue weighted by molar-refractivity contribution is 7.93. The molecule has 1 aromatic carbocycles. The Morgan fingerprint density at radius 2 is 1.86 bits per heavy atom. The third-order valence-electron chi connectivity index (χ3n) is 6.23. The summed E-state index contributed by atoms with van der Waals surface area (Å²) in [5, 5.41) is 16.6. The number of nitro groups is 1. The predicted octanol–water partition coefficient (Wildman–Crippen LogP) is -1.76. The van der Waals surface area contributed by atoms with Gasteiger partial charge in [-0.25, -0.2) is 17.9 Å². The van der Waals surface area contributed by atoms with E-state index in [0.29, 0.717) is 5.56 Å². The smallest absolute Gasteiger partial charge is 0.330 e. The minimum Gasteiger partial charge on any atom is -0.459 e. The van der Waals surface area contributed by atoms with Crippen LogP contribution in [0.1, 0.15) is 39.9 Å². The van der Waals surface area contributed by atoms with Crippen molar-refractivity contribution in [2.24, 2.45) is 11.5 Å². The number of non-ortho nitro benzene ring substituents is 1. The first kappa shape index (κ1) is 24.7. The first-order chi connectivity index (χ1) is 16.8. The maximum absolute atomic E-state index is 13.4. The molecule has 190 valence electrons. The van der Waals surface area contributed by atoms with Gasteiger partial charge in [-0.15, -0.1) is 5.10 Å². The van der Waals surface area contributed by atoms with Crippen LogP contribution in [0.25, 0.3) is 0 Å². The number of carbonyl (C=O) groups is 4. The van der Waals surface area contributed by atoms with E-state index < -0.39 is 72.5 Å². The molecular formula is C19H19N7O9S. The van der Waals surface area contributed by atoms with Gasteiger partial charge in [0.2, 0.25) is 5.91 Å². The summed E-state index contributed by atoms with van der Waals surface area (Å²) in [5.41, 5.74) is 9.55. The van der Waals surface area contributed by atoms with Gasteiger partial charge in [0, 0.05) is 12.1 Å². The van der Waals surface area contributed by atoms with Crippen molar-refractivity contribution < 1.29 is 37.3 Å². The number of nitrogens with two attached hydrogens (primary N) is 2. The Morgan fingerprint density at radius 1 is 1.22 bits per heavy atom. The van der Waals surface area contributed by atoms with Crippen LogP contribution in [0.3, 0.4) is 0 Å². The Bertz CT molecular complexity index is 1420. The van der Waals surface area contributed by atoms with E-state index in [1.165, 1.54) is 31.2 Å². The minimum absolute atomic E-state index is 0.179. The highest BCUT2D eigenvalue weighted by Gasteiger charge is 2.70. The van der Waals surface area contributed by atoms with Gasteiger partial charge in [-0.05, 0) is 24.6 Å². The molecule has 4 N–H and O–H groups in total. The van der Waals surface area contributed by atoms with Crippen LogP contribution in [0.2, 0.25) is 0 Å². The third kappa shape index (κ3) is 3.63. The number of benzene rings is 1. The number of amides is 3. The SMILES string of the molecule is C[C@]1(Cn2nnc(C(N)=O)c2C(N)=O)[C@H](C(=O)OCc2ccc([N+](=O)[O-])cc2)N2C(=O)C[C@@H]2S1(=O)=O. The Balaban J connectivity index is 1.67. The van der Waals surface area contributed by atoms with Crippen LogP contribution in [-0.2, 0) is 37.3 Å². The van der Waals surface area contributed by atoms with E-state index in [-0.39, 0.29) is 18.7 Å². The number of nitrogens with zero attached hydrogens (tertiary/aromatic N) is 5. The highest BCUT2D eigenvalue weighted by atomic mass is 32.2. The van der Waals surface area contributed by atoms with Crippen molar-refractivity contribution in [2.75, 3.05) is 0 Å². The maximum Gasteiger partial charge on any atom is 0.330 e. The number of rotatable bonds is 8. The lowest BCUT2D eigenvalue weighted by Gasteiger charge is -2.36. The first-order valence-electron chi connectivity index (χ1n) is 10.3. The van der Waals surface area contributed by atoms with E-state index in [0.717, 1.165) is 9.58 Å². The molecule has 0 unspecified atom stereocenters. The lowest BCUT2D eigenvalue weighted by Crippen LogP contribution is -2.58. The van der Waals surface area contributed by atoms with Crippen LogP contribution in [-0.4, -0.2) is 73.1 Å². The number of nitro benzene ring substituents is 1. The van der Waals surface area contributed by atoms with Crippen molar-refractivity contribution in [3.8, 4) is 0 Å². The van der Waals surface area contributed by atoms with E-state index in [1.54, 1.807) is 0 Å². The number of aromatic nitrogens is 3. The van der Waals surface area contributed by atoms with E-state index >= 15 is 0 Å². The lowest BCUT2D eigenvalue weighted by molar-refractivity contribution is -0.384. The predicted molar refractivity (Wildman–Crippen MR) is 116 cm³/mol. The quantitative estimate of drug-likeness (QED) is 0.171. The molecular weight excluding hydrogens is 502 g/mol. The lowest BCUT2D eigenvalue weighted by atomic mass is 9.96. The average molecular weight is 521 g/mol. The number of carbonyl (C=O) groups excluding carboxylic acids is 4. The highest BCUT2D eigenvalue weighted by Crippen LogP contribution is 2.47. The van der Waals surface area contributed by atoms with Gasteiger partial charge in [-0.1, -0.05) is 5.21 Å². The second-order valence-electron chi connectivity index (χ2n) is 8.42. The summed E-state index contributed by atoms with van der Waals surface area (Å²) < 4.78 is 30.8. The molecule has 0 saturated carbocycles. The normalized spacial score (nSPS) is 24.0. The number of esters is 1. The largest absolute Gasteiger partial charge is 0.459 e. The molecule has 3 amide bonds. The van der Waals surface area contributed by atoms with Gasteiger partial charge in [0.05, 0.1) is 17.9 Å². The molecule has 2 aromatic rings. The first-order valence-corrected chi connectivity index (χ1v) is 11.8. The average Bonchev–Trinajstić information content (AvgIpc) is 3.27. The molecule has 0 bridgehead atoms. The van der Waals surface area contributed by atoms with Gasteiger partial charge in [0.15, 0.2) is 27.3 Å². The summed E-state index contributed by atoms with van der Waals surface area (Å²) in [6.45, 7) is 0.144. The zero-order chi connectivity index (χ0) is 26.6. The van der Waals surface area contributed by atoms with Gasteiger partial charge in [-0.3, -0.25) is 24.5 Å². The maximum atomic E-state index is 13.4. The van der Waals surface area contributed by atoms with Crippen molar-refractivity contribution in [3.63, 3.8) is 0 Å². The standard InChI is InChI=1S/C19H19N7O9S/c1-19(8-24-14(17(21)29)13(16(20)28)22-23-24)15(25-11(27)6-12(25)36(19,33)34)18(30)35-7-9-2-4-10(5-3-9)26(31)32/h2-5,12,15H,6-8H2,1H3,(H2,20,28)(H2,21,29)/t12-,15-,19-/m0/s1. The van der Waals surface area contributed by atoms with Crippen LogP contribution in [0.4, 0.5) is 5.69 Å². The van der Waals surface area contributed by atoms with Crippen LogP contribution in [0.5, 0.6) is 0 Å². The molecule has 2 fully saturated rings. The molecule has 0 radical (unpaired) electrons. The zero-order valence-electron chi connectivity index (χ0n) is 18.6. The molecule has 17 heteroatoms. The molecule has 36 heavy (non-hydrogen) atoms. The molecule has 0 aliphatic carbocycles. The Hall–Kier alpha value is -4.41. The summed E-state index contributed by atoms with van der Waals surface area (Å²) in [7, 11) is -4.23. The fourth-order valence-electron chi connectivity index (χ4n) is 4.35. The number of hydrogen-bond acceptors (Lipinski definition) is 11. The monoisotopic (exact) mass is 521 g/mol. The Morgan fingerprint density at radius 3 is 2.39 bits per heavy atom. The van der Waals surface area contributed by atoms with E-state index in [9.17, 15) is 37.7 Å². The number of fused-ring (bicyclic) bond motifs is 1. The topological polar surface area (TPSA) is 241 Å². The van der Waals surface area contributed by atoms with Crippen LogP contribution in [0.15, 0.2) is 24.3 Å². The minimum atomic E-state index is -4.23. The molecule has 2 aliphatic rings. The summed E-state index contributed by atoms with van der Waals surface area (Å²) >= 11 is 0. The fraction of sp³-hybridized carbons (Fsp3) is 0.368. The van der Waals surface area contributed by atoms with E-state index in [1.807, 2.05) is 0 Å². The van der Waals surface area contributed by atoms with Gasteiger partial charge >= 0.3 is 5.97 Å². The number of ether oxygens (including phenoxy) is 1. The molecule has 2 saturated heterocycles. The molecule has 2 aliphatic heterocycles. The number of β-lactam (4-membered cyclic amide) rings is 1. The second-order valence-corrected chi connectivity index (χ2v) is 11.0. The van der Waals surface area contributed by atoms with Crippen molar-refractivity contribution in [3.05, 3.63) is 51.3 Å². The third-order valence-corrected chi connectivity index (χ3v) is 8.99. The van der Waals surface area contributed by atoms with Crippen LogP contribution >= 0.6 is 0 Å². The summed E-state index contributed by atoms with van der Waals surface area (Å²) in [6, 6.07) is 3.48. The number of sulfone groups is 1. The van der Waals surface area contributed by atoms with Crippen molar-refractivity contribution in [1.82, 2.24) is 19.9 Å². The van der Waals surface area contributed by atoms with Gasteiger partial charge in [-0.2, -0.15) is 0 Å². The zero-order valence-corrected chi connectivity index (χ0v) is 19.4. The van der Waals surface area contributed by atoms with Crippen molar-refractivity contribution in [2.45, 2.75) is 42.7 Å². The second kappa shape index (κ2) is 8.36. The Labute approximate surface area is 202 Å². The van der Waals surface area contributed by atoms with Gasteiger partial charge in [0.1, 0.15) is 16.7 Å². The summed E-state index contributed by atoms with van der Waals surface area (Å²) in [6.07, 6.45) is -0.351. The number of primary amides is 2. The van der Waals surface area contributed by atoms with Crippen molar-refractivity contribution >= 4 is 39.2 Å². The Kier molecular flexibility index (Phi) is 5.74. The van der Waals surface area contributed by atoms with Gasteiger partial charge in [0.25, 0.3) is 17.5 Å². The van der Waals surface area contributed by atoms with Gasteiger partial charge < -0.3 is 21.1 Å². The van der Waals surface area contributed by atoms with E-state index in [4.69, 9.17) is 16.2 Å². The fourth-order valence-corrected chi connectivity index (χ4v) is 6.69. The molecule has 0 spiro atoms. The van der Waals surface area contributed by atoms with Crippen molar-refractivity contribution in [1.29, 1.82) is 0 Å². The molecule has 16 nitrogen and oxygen atoms in total. The number of hydrogen-bond donors (Lipinski definition) is 2. The molecule has 1 aromatic heterocycles. The summed E-state index contributed by atoms with van der Waals surface area (Å²) in [4.78, 5) is 60.1.